The summed E-state index contributed by atoms with van der Waals surface area (Å²) in [7, 11) is 0. The Morgan fingerprint density at radius 2 is 1.15 bits per heavy atom. The molecule has 13 heavy (non-hydrogen) atoms. The zero-order valence-electron chi connectivity index (χ0n) is 9.29. The molecule has 0 aliphatic heterocycles. The molecule has 0 radical (unpaired) electrons. The number of carboxylic acid groups (broad SMARTS) is 2. The quantitative estimate of drug-likeness (QED) is 0.638. The van der Waals surface area contributed by atoms with Crippen LogP contribution in [-0.4, -0.2) is 30.7 Å². The normalized spacial score (nSPS) is 7.38. The Bertz CT molecular complexity index is 87.5. The van der Waals surface area contributed by atoms with Gasteiger partial charge in [0.1, 0.15) is 0 Å². The second kappa shape index (κ2) is 17.3. The first-order valence-corrected chi connectivity index (χ1v) is 3.68. The molecular formula is C7H23N3O3. The van der Waals surface area contributed by atoms with Crippen LogP contribution < -0.4 is 22.5 Å². The molecule has 0 aromatic rings. The molecular weight excluding hydrogens is 174 g/mol. The van der Waals surface area contributed by atoms with Crippen LogP contribution in [0.1, 0.15) is 20.8 Å². The molecule has 0 spiro atoms. The lowest BCUT2D eigenvalue weighted by Gasteiger charge is -2.13. The molecule has 0 atom stereocenters. The maximum atomic E-state index is 8.33. The largest absolute Gasteiger partial charge is 0.652 e. The number of rotatable bonds is 3. The van der Waals surface area contributed by atoms with E-state index in [1.165, 1.54) is 19.6 Å². The SMILES string of the molecule is CCN(CC)CC.O=C([O-])[O-].[NH4+].[NH4+]. The maximum Gasteiger partial charge on any atom is -0.00474 e. The fourth-order valence-corrected chi connectivity index (χ4v) is 0.671. The van der Waals surface area contributed by atoms with Crippen LogP contribution in [0.15, 0.2) is 0 Å². The minimum Gasteiger partial charge on any atom is -0.652 e. The molecule has 0 amide bonds. The number of carbonyl (C=O) groups is 1. The van der Waals surface area contributed by atoms with E-state index in [9.17, 15) is 0 Å². The Balaban J connectivity index is -0.0000000600. The zero-order chi connectivity index (χ0) is 9.28. The van der Waals surface area contributed by atoms with Gasteiger partial charge in [-0.1, -0.05) is 20.8 Å². The van der Waals surface area contributed by atoms with E-state index >= 15 is 0 Å². The molecule has 6 nitrogen and oxygen atoms in total. The summed E-state index contributed by atoms with van der Waals surface area (Å²) in [4.78, 5) is 10.7. The third kappa shape index (κ3) is 35.2. The Hall–Kier alpha value is -0.850. The molecule has 0 bridgehead atoms. The molecule has 6 heteroatoms. The summed E-state index contributed by atoms with van der Waals surface area (Å²) in [6.45, 7) is 10.1. The lowest BCUT2D eigenvalue weighted by molar-refractivity contribution is -0.415. The molecule has 0 heterocycles. The summed E-state index contributed by atoms with van der Waals surface area (Å²) < 4.78 is 0. The minimum atomic E-state index is -2.33. The van der Waals surface area contributed by atoms with E-state index in [2.05, 4.69) is 25.7 Å². The highest BCUT2D eigenvalue weighted by molar-refractivity contribution is 5.47. The third-order valence-electron chi connectivity index (χ3n) is 1.34. The van der Waals surface area contributed by atoms with Gasteiger partial charge < -0.3 is 32.2 Å². The lowest BCUT2D eigenvalue weighted by Crippen LogP contribution is -2.37. The first kappa shape index (κ1) is 22.7. The molecule has 84 valence electrons. The zero-order valence-corrected chi connectivity index (χ0v) is 9.29. The Morgan fingerprint density at radius 1 is 1.00 bits per heavy atom. The smallest absolute Gasteiger partial charge is 0.00474 e. The van der Waals surface area contributed by atoms with Gasteiger partial charge in [0.15, 0.2) is 0 Å². The number of hydrogen-bond donors (Lipinski definition) is 2. The summed E-state index contributed by atoms with van der Waals surface area (Å²) in [6.07, 6.45) is -2.33. The van der Waals surface area contributed by atoms with Crippen molar-refractivity contribution in [3.8, 4) is 0 Å². The van der Waals surface area contributed by atoms with Crippen molar-refractivity contribution in [1.29, 1.82) is 0 Å². The molecule has 0 fully saturated rings. The molecule has 0 aromatic carbocycles. The summed E-state index contributed by atoms with van der Waals surface area (Å²) in [5.74, 6) is 0. The van der Waals surface area contributed by atoms with Gasteiger partial charge in [-0.25, -0.2) is 0 Å². The van der Waals surface area contributed by atoms with E-state index in [0.717, 1.165) is 0 Å². The Labute approximate surface area is 79.7 Å². The summed E-state index contributed by atoms with van der Waals surface area (Å²) in [5.41, 5.74) is 0. The van der Waals surface area contributed by atoms with Crippen molar-refractivity contribution in [2.24, 2.45) is 0 Å². The Morgan fingerprint density at radius 3 is 1.15 bits per heavy atom. The predicted octanol–water partition coefficient (Wildman–Crippen LogP) is -0.346. The van der Waals surface area contributed by atoms with Crippen molar-refractivity contribution in [3.05, 3.63) is 0 Å². The van der Waals surface area contributed by atoms with Gasteiger partial charge in [-0.05, 0) is 25.8 Å². The van der Waals surface area contributed by atoms with Crippen LogP contribution in [0.2, 0.25) is 0 Å². The van der Waals surface area contributed by atoms with Gasteiger partial charge in [0.2, 0.25) is 0 Å². The maximum absolute atomic E-state index is 8.33. The fraction of sp³-hybridized carbons (Fsp3) is 0.857. The summed E-state index contributed by atoms with van der Waals surface area (Å²) in [6, 6.07) is 0. The topological polar surface area (TPSA) is 139 Å². The second-order valence-electron chi connectivity index (χ2n) is 1.87. The van der Waals surface area contributed by atoms with Gasteiger partial charge in [-0.15, -0.1) is 0 Å². The monoisotopic (exact) mass is 197 g/mol. The highest BCUT2D eigenvalue weighted by Crippen LogP contribution is 1.81. The molecule has 0 rings (SSSR count). The van der Waals surface area contributed by atoms with E-state index in [0.29, 0.717) is 0 Å². The van der Waals surface area contributed by atoms with Crippen molar-refractivity contribution in [2.45, 2.75) is 20.8 Å². The van der Waals surface area contributed by atoms with Gasteiger partial charge in [0.25, 0.3) is 0 Å². The average molecular weight is 197 g/mol. The van der Waals surface area contributed by atoms with E-state index in [4.69, 9.17) is 15.0 Å². The van der Waals surface area contributed by atoms with Crippen LogP contribution in [0.3, 0.4) is 0 Å². The van der Waals surface area contributed by atoms with Crippen molar-refractivity contribution in [1.82, 2.24) is 17.2 Å². The first-order valence-electron chi connectivity index (χ1n) is 3.68. The standard InChI is InChI=1S/C6H15N.CH2O3.2H3N/c1-4-7(5-2)6-3;2-1(3)4;;/h4-6H2,1-3H3;(H2,2,3,4);2*1H3. The molecule has 0 unspecified atom stereocenters. The van der Waals surface area contributed by atoms with Crippen LogP contribution >= 0.6 is 0 Å². The van der Waals surface area contributed by atoms with Gasteiger partial charge in [-0.3, -0.25) is 0 Å². The van der Waals surface area contributed by atoms with Crippen molar-refractivity contribution in [2.75, 3.05) is 19.6 Å². The summed E-state index contributed by atoms with van der Waals surface area (Å²) >= 11 is 0. The number of quaternary nitrogens is 2. The van der Waals surface area contributed by atoms with Crippen LogP contribution in [0.4, 0.5) is 4.79 Å². The number of carbonyl (C=O) groups excluding carboxylic acids is 1. The first-order chi connectivity index (χ1) is 5.08. The van der Waals surface area contributed by atoms with E-state index in [1.54, 1.807) is 0 Å². The van der Waals surface area contributed by atoms with Gasteiger partial charge in [0.05, 0.1) is 0 Å². The van der Waals surface area contributed by atoms with Gasteiger partial charge in [-0.2, -0.15) is 0 Å². The molecule has 8 N–H and O–H groups in total. The van der Waals surface area contributed by atoms with Crippen LogP contribution in [-0.2, 0) is 0 Å². The van der Waals surface area contributed by atoms with Crippen molar-refractivity contribution >= 4 is 6.16 Å². The van der Waals surface area contributed by atoms with Crippen LogP contribution in [0, 0.1) is 0 Å². The highest BCUT2D eigenvalue weighted by Gasteiger charge is 1.89. The van der Waals surface area contributed by atoms with E-state index in [1.807, 2.05) is 0 Å². The molecule has 0 aliphatic rings. The van der Waals surface area contributed by atoms with Crippen LogP contribution in [0.5, 0.6) is 0 Å². The minimum absolute atomic E-state index is 0. The Kier molecular flexibility index (Phi) is 30.3. The third-order valence-corrected chi connectivity index (χ3v) is 1.34. The highest BCUT2D eigenvalue weighted by atomic mass is 16.6. The van der Waals surface area contributed by atoms with E-state index in [-0.39, 0.29) is 12.3 Å². The van der Waals surface area contributed by atoms with Crippen LogP contribution in [0.25, 0.3) is 0 Å². The molecule has 0 saturated carbocycles. The molecule has 0 aromatic heterocycles. The molecule has 0 aliphatic carbocycles. The predicted molar refractivity (Wildman–Crippen MR) is 50.8 cm³/mol. The van der Waals surface area contributed by atoms with Crippen molar-refractivity contribution < 1.29 is 15.0 Å². The number of hydrogen-bond acceptors (Lipinski definition) is 4. The lowest BCUT2D eigenvalue weighted by atomic mass is 10.5. The van der Waals surface area contributed by atoms with Gasteiger partial charge >= 0.3 is 0 Å². The van der Waals surface area contributed by atoms with Crippen molar-refractivity contribution in [3.63, 3.8) is 0 Å². The molecule has 0 saturated heterocycles. The number of nitrogens with zero attached hydrogens (tertiary/aromatic N) is 1. The average Bonchev–Trinajstić information content (AvgIpc) is 1.90. The second-order valence-corrected chi connectivity index (χ2v) is 1.87. The summed E-state index contributed by atoms with van der Waals surface area (Å²) in [5, 5.41) is 16.7. The van der Waals surface area contributed by atoms with E-state index < -0.39 is 6.16 Å². The van der Waals surface area contributed by atoms with Gasteiger partial charge in [0, 0.05) is 0 Å². The fourth-order valence-electron chi connectivity index (χ4n) is 0.671.